The van der Waals surface area contributed by atoms with Gasteiger partial charge in [-0.15, -0.1) is 0 Å². The second-order valence-corrected chi connectivity index (χ2v) is 6.80. The molecule has 0 atom stereocenters. The quantitative estimate of drug-likeness (QED) is 0.895. The summed E-state index contributed by atoms with van der Waals surface area (Å²) in [6, 6.07) is 0. The zero-order valence-electron chi connectivity index (χ0n) is 12.0. The van der Waals surface area contributed by atoms with Crippen LogP contribution < -0.4 is 5.73 Å². The first-order valence-electron chi connectivity index (χ1n) is 7.21. The minimum absolute atomic E-state index is 0.185. The molecule has 0 amide bonds. The summed E-state index contributed by atoms with van der Waals surface area (Å²) in [6.07, 6.45) is 9.27. The predicted octanol–water partition coefficient (Wildman–Crippen LogP) is 2.95. The Labute approximate surface area is 111 Å². The molecule has 0 aromatic carbocycles. The Morgan fingerprint density at radius 3 is 2.39 bits per heavy atom. The molecule has 1 aromatic heterocycles. The fourth-order valence-corrected chi connectivity index (χ4v) is 3.02. The summed E-state index contributed by atoms with van der Waals surface area (Å²) < 4.78 is 2.35. The van der Waals surface area contributed by atoms with Gasteiger partial charge in [0.05, 0.1) is 6.33 Å². The molecule has 0 unspecified atom stereocenters. The zero-order chi connectivity index (χ0) is 13.2. The third kappa shape index (κ3) is 3.14. The van der Waals surface area contributed by atoms with E-state index in [9.17, 15) is 0 Å². The maximum absolute atomic E-state index is 5.75. The SMILES string of the molecule is CC(C)(C)c1cncn1CC1CCC(CN)CC1. The molecule has 3 heteroatoms. The van der Waals surface area contributed by atoms with Crippen LogP contribution >= 0.6 is 0 Å². The number of rotatable bonds is 3. The highest BCUT2D eigenvalue weighted by Gasteiger charge is 2.23. The molecule has 0 saturated heterocycles. The van der Waals surface area contributed by atoms with Gasteiger partial charge in [0.25, 0.3) is 0 Å². The molecule has 102 valence electrons. The van der Waals surface area contributed by atoms with Crippen molar-refractivity contribution >= 4 is 0 Å². The second kappa shape index (κ2) is 5.43. The van der Waals surface area contributed by atoms with Gasteiger partial charge in [0.1, 0.15) is 0 Å². The molecule has 3 nitrogen and oxygen atoms in total. The minimum atomic E-state index is 0.185. The molecule has 1 aliphatic carbocycles. The van der Waals surface area contributed by atoms with Crippen molar-refractivity contribution in [2.45, 2.75) is 58.4 Å². The van der Waals surface area contributed by atoms with Crippen molar-refractivity contribution in [3.8, 4) is 0 Å². The first-order chi connectivity index (χ1) is 8.50. The van der Waals surface area contributed by atoms with E-state index in [0.29, 0.717) is 0 Å². The van der Waals surface area contributed by atoms with Crippen molar-refractivity contribution in [3.63, 3.8) is 0 Å². The smallest absolute Gasteiger partial charge is 0.0948 e. The molecule has 1 saturated carbocycles. The van der Waals surface area contributed by atoms with Crippen molar-refractivity contribution in [1.82, 2.24) is 9.55 Å². The van der Waals surface area contributed by atoms with Gasteiger partial charge in [0.2, 0.25) is 0 Å². The lowest BCUT2D eigenvalue weighted by Crippen LogP contribution is -2.25. The van der Waals surface area contributed by atoms with Gasteiger partial charge in [-0.1, -0.05) is 20.8 Å². The Morgan fingerprint density at radius 2 is 1.83 bits per heavy atom. The van der Waals surface area contributed by atoms with Crippen LogP contribution in [0.25, 0.3) is 0 Å². The Bertz CT molecular complexity index is 367. The standard InChI is InChI=1S/C15H27N3/c1-15(2,3)14-9-17-11-18(14)10-13-6-4-12(8-16)5-7-13/h9,11-13H,4-8,10,16H2,1-3H3. The van der Waals surface area contributed by atoms with Crippen molar-refractivity contribution < 1.29 is 0 Å². The highest BCUT2D eigenvalue weighted by Crippen LogP contribution is 2.30. The third-order valence-corrected chi connectivity index (χ3v) is 4.24. The van der Waals surface area contributed by atoms with E-state index in [0.717, 1.165) is 24.9 Å². The molecule has 1 heterocycles. The van der Waals surface area contributed by atoms with E-state index in [4.69, 9.17) is 5.73 Å². The van der Waals surface area contributed by atoms with Crippen LogP contribution in [0.4, 0.5) is 0 Å². The Kier molecular flexibility index (Phi) is 4.10. The summed E-state index contributed by atoms with van der Waals surface area (Å²) in [5.41, 5.74) is 7.29. The summed E-state index contributed by atoms with van der Waals surface area (Å²) in [5, 5.41) is 0. The molecule has 18 heavy (non-hydrogen) atoms. The Morgan fingerprint density at radius 1 is 1.22 bits per heavy atom. The molecular formula is C15H27N3. The number of nitrogens with zero attached hydrogens (tertiary/aromatic N) is 2. The molecule has 0 spiro atoms. The molecule has 1 fully saturated rings. The number of nitrogens with two attached hydrogens (primary N) is 1. The number of hydrogen-bond acceptors (Lipinski definition) is 2. The van der Waals surface area contributed by atoms with Crippen LogP contribution in [-0.2, 0) is 12.0 Å². The number of hydrogen-bond donors (Lipinski definition) is 1. The predicted molar refractivity (Wildman–Crippen MR) is 75.4 cm³/mol. The van der Waals surface area contributed by atoms with Gasteiger partial charge in [-0.05, 0) is 44.1 Å². The van der Waals surface area contributed by atoms with E-state index in [1.807, 2.05) is 12.5 Å². The summed E-state index contributed by atoms with van der Waals surface area (Å²) in [5.74, 6) is 1.58. The van der Waals surface area contributed by atoms with Crippen molar-refractivity contribution in [2.75, 3.05) is 6.54 Å². The molecule has 0 radical (unpaired) electrons. The van der Waals surface area contributed by atoms with Gasteiger partial charge in [-0.25, -0.2) is 4.98 Å². The van der Waals surface area contributed by atoms with E-state index in [1.54, 1.807) is 0 Å². The lowest BCUT2D eigenvalue weighted by molar-refractivity contribution is 0.252. The minimum Gasteiger partial charge on any atom is -0.334 e. The Hall–Kier alpha value is -0.830. The lowest BCUT2D eigenvalue weighted by atomic mass is 9.82. The van der Waals surface area contributed by atoms with E-state index < -0.39 is 0 Å². The van der Waals surface area contributed by atoms with E-state index in [1.165, 1.54) is 31.4 Å². The molecule has 0 bridgehead atoms. The van der Waals surface area contributed by atoms with Gasteiger partial charge in [0, 0.05) is 23.9 Å². The van der Waals surface area contributed by atoms with Crippen molar-refractivity contribution in [2.24, 2.45) is 17.6 Å². The fourth-order valence-electron chi connectivity index (χ4n) is 3.02. The third-order valence-electron chi connectivity index (χ3n) is 4.24. The molecule has 2 N–H and O–H groups in total. The molecular weight excluding hydrogens is 222 g/mol. The fraction of sp³-hybridized carbons (Fsp3) is 0.800. The summed E-state index contributed by atoms with van der Waals surface area (Å²) in [4.78, 5) is 4.33. The monoisotopic (exact) mass is 249 g/mol. The van der Waals surface area contributed by atoms with Crippen LogP contribution in [0, 0.1) is 11.8 Å². The van der Waals surface area contributed by atoms with Crippen LogP contribution in [0.5, 0.6) is 0 Å². The zero-order valence-corrected chi connectivity index (χ0v) is 12.0. The highest BCUT2D eigenvalue weighted by molar-refractivity contribution is 5.10. The first-order valence-corrected chi connectivity index (χ1v) is 7.21. The van der Waals surface area contributed by atoms with E-state index >= 15 is 0 Å². The molecule has 1 aromatic rings. The normalized spacial score (nSPS) is 25.3. The summed E-state index contributed by atoms with van der Waals surface area (Å²) >= 11 is 0. The van der Waals surface area contributed by atoms with Crippen LogP contribution in [0.15, 0.2) is 12.5 Å². The number of aromatic nitrogens is 2. The van der Waals surface area contributed by atoms with Crippen LogP contribution in [-0.4, -0.2) is 16.1 Å². The lowest BCUT2D eigenvalue weighted by Gasteiger charge is -2.29. The molecule has 2 rings (SSSR count). The largest absolute Gasteiger partial charge is 0.334 e. The van der Waals surface area contributed by atoms with Crippen LogP contribution in [0.3, 0.4) is 0 Å². The van der Waals surface area contributed by atoms with Gasteiger partial charge in [-0.3, -0.25) is 0 Å². The van der Waals surface area contributed by atoms with Crippen molar-refractivity contribution in [3.05, 3.63) is 18.2 Å². The highest BCUT2D eigenvalue weighted by atomic mass is 15.1. The average molecular weight is 249 g/mol. The van der Waals surface area contributed by atoms with Crippen LogP contribution in [0.2, 0.25) is 0 Å². The molecule has 0 aliphatic heterocycles. The maximum atomic E-state index is 5.75. The second-order valence-electron chi connectivity index (χ2n) is 6.80. The van der Waals surface area contributed by atoms with Crippen molar-refractivity contribution in [1.29, 1.82) is 0 Å². The maximum Gasteiger partial charge on any atom is 0.0948 e. The topological polar surface area (TPSA) is 43.8 Å². The van der Waals surface area contributed by atoms with E-state index in [-0.39, 0.29) is 5.41 Å². The molecule has 1 aliphatic rings. The van der Waals surface area contributed by atoms with Gasteiger partial charge in [-0.2, -0.15) is 0 Å². The summed E-state index contributed by atoms with van der Waals surface area (Å²) in [7, 11) is 0. The first kappa shape index (κ1) is 13.6. The summed E-state index contributed by atoms with van der Waals surface area (Å²) in [6.45, 7) is 8.76. The van der Waals surface area contributed by atoms with Gasteiger partial charge < -0.3 is 10.3 Å². The van der Waals surface area contributed by atoms with Gasteiger partial charge in [0.15, 0.2) is 0 Å². The average Bonchev–Trinajstić information content (AvgIpc) is 2.78. The van der Waals surface area contributed by atoms with Crippen LogP contribution in [0.1, 0.15) is 52.1 Å². The van der Waals surface area contributed by atoms with Gasteiger partial charge >= 0.3 is 0 Å². The Balaban J connectivity index is 1.97. The van der Waals surface area contributed by atoms with E-state index in [2.05, 4.69) is 30.3 Å². The number of imidazole rings is 1.